The summed E-state index contributed by atoms with van der Waals surface area (Å²) < 4.78 is 32.5. The number of nitrogens with one attached hydrogen (secondary N) is 2. The van der Waals surface area contributed by atoms with Crippen molar-refractivity contribution in [1.82, 2.24) is 10.3 Å². The van der Waals surface area contributed by atoms with Crippen LogP contribution in [-0.2, 0) is 0 Å². The van der Waals surface area contributed by atoms with Gasteiger partial charge in [-0.25, -0.2) is 13.8 Å². The number of thiocarbonyl (C=S) groups is 1. The van der Waals surface area contributed by atoms with Crippen LogP contribution in [0.4, 0.5) is 20.2 Å². The summed E-state index contributed by atoms with van der Waals surface area (Å²) in [5, 5.41) is 15.9. The van der Waals surface area contributed by atoms with Gasteiger partial charge in [0, 0.05) is 17.3 Å². The molecule has 1 aromatic heterocycles. The fourth-order valence-corrected chi connectivity index (χ4v) is 3.57. The molecule has 8 nitrogen and oxygen atoms in total. The molecule has 1 heterocycles. The number of carbonyl (C=O) groups excluding carboxylic acids is 1. The van der Waals surface area contributed by atoms with Crippen molar-refractivity contribution in [3.8, 4) is 11.5 Å². The zero-order valence-corrected chi connectivity index (χ0v) is 18.9. The first-order valence-corrected chi connectivity index (χ1v) is 10.4. The number of nitro benzene ring substituents is 1. The highest BCUT2D eigenvalue weighted by Gasteiger charge is 2.18. The lowest BCUT2D eigenvalue weighted by Crippen LogP contribution is -2.34. The standard InChI is InChI=1S/C21H10Cl2F2N4O4S/c22-12-3-1-9(5-17(12)29(31)32)19(30)28-21(34)26-10-2-4-18-16(6-10)27-20(33-18)11-7-14(24)15(25)8-13(11)23/h1-8H,(H2,26,28,30,34). The fraction of sp³-hybridized carbons (Fsp3) is 0. The van der Waals surface area contributed by atoms with E-state index in [2.05, 4.69) is 15.6 Å². The highest BCUT2D eigenvalue weighted by molar-refractivity contribution is 7.80. The Kier molecular flexibility index (Phi) is 6.42. The lowest BCUT2D eigenvalue weighted by Gasteiger charge is -2.09. The van der Waals surface area contributed by atoms with Gasteiger partial charge in [0.25, 0.3) is 11.6 Å². The second-order valence-electron chi connectivity index (χ2n) is 6.78. The first-order chi connectivity index (χ1) is 16.1. The molecule has 172 valence electrons. The van der Waals surface area contributed by atoms with Crippen LogP contribution in [0, 0.1) is 21.7 Å². The fourth-order valence-electron chi connectivity index (χ4n) is 2.94. The lowest BCUT2D eigenvalue weighted by atomic mass is 10.2. The number of hydrogen-bond donors (Lipinski definition) is 2. The minimum absolute atomic E-state index is 0.0137. The molecule has 34 heavy (non-hydrogen) atoms. The number of anilines is 1. The van der Waals surface area contributed by atoms with Crippen LogP contribution >= 0.6 is 35.4 Å². The van der Waals surface area contributed by atoms with Crippen LogP contribution in [-0.4, -0.2) is 20.9 Å². The van der Waals surface area contributed by atoms with E-state index in [9.17, 15) is 23.7 Å². The summed E-state index contributed by atoms with van der Waals surface area (Å²) in [6.07, 6.45) is 0. The van der Waals surface area contributed by atoms with E-state index in [1.54, 1.807) is 18.2 Å². The van der Waals surface area contributed by atoms with Crippen LogP contribution in [0.15, 0.2) is 52.9 Å². The molecular weight excluding hydrogens is 513 g/mol. The Morgan fingerprint density at radius 3 is 2.53 bits per heavy atom. The molecule has 2 N–H and O–H groups in total. The molecule has 0 bridgehead atoms. The van der Waals surface area contributed by atoms with E-state index in [1.807, 2.05) is 0 Å². The largest absolute Gasteiger partial charge is 0.436 e. The van der Waals surface area contributed by atoms with E-state index in [-0.39, 0.29) is 32.2 Å². The van der Waals surface area contributed by atoms with Crippen LogP contribution in [0.3, 0.4) is 0 Å². The van der Waals surface area contributed by atoms with E-state index in [0.29, 0.717) is 16.8 Å². The molecule has 0 saturated carbocycles. The van der Waals surface area contributed by atoms with Crippen LogP contribution in [0.5, 0.6) is 0 Å². The molecule has 1 amide bonds. The number of carbonyl (C=O) groups is 1. The van der Waals surface area contributed by atoms with E-state index in [0.717, 1.165) is 18.2 Å². The average molecular weight is 523 g/mol. The van der Waals surface area contributed by atoms with Gasteiger partial charge in [-0.2, -0.15) is 0 Å². The summed E-state index contributed by atoms with van der Waals surface area (Å²) in [6, 6.07) is 9.97. The molecule has 0 spiro atoms. The number of fused-ring (bicyclic) bond motifs is 1. The number of hydrogen-bond acceptors (Lipinski definition) is 6. The highest BCUT2D eigenvalue weighted by atomic mass is 35.5. The van der Waals surface area contributed by atoms with Crippen molar-refractivity contribution < 1.29 is 22.9 Å². The third-order valence-electron chi connectivity index (χ3n) is 4.52. The van der Waals surface area contributed by atoms with Crippen molar-refractivity contribution in [2.24, 2.45) is 0 Å². The summed E-state index contributed by atoms with van der Waals surface area (Å²) in [5.74, 6) is -2.90. The summed E-state index contributed by atoms with van der Waals surface area (Å²) in [4.78, 5) is 26.9. The monoisotopic (exact) mass is 522 g/mol. The molecule has 13 heteroatoms. The van der Waals surface area contributed by atoms with Gasteiger partial charge >= 0.3 is 0 Å². The van der Waals surface area contributed by atoms with Gasteiger partial charge in [-0.15, -0.1) is 0 Å². The average Bonchev–Trinajstić information content (AvgIpc) is 3.19. The number of amides is 1. The Morgan fingerprint density at radius 1 is 1.06 bits per heavy atom. The molecule has 0 saturated heterocycles. The summed E-state index contributed by atoms with van der Waals surface area (Å²) in [6.45, 7) is 0. The van der Waals surface area contributed by atoms with E-state index >= 15 is 0 Å². The van der Waals surface area contributed by atoms with Crippen molar-refractivity contribution in [1.29, 1.82) is 0 Å². The molecule has 4 aromatic rings. The maximum absolute atomic E-state index is 13.6. The lowest BCUT2D eigenvalue weighted by molar-refractivity contribution is -0.384. The third kappa shape index (κ3) is 4.81. The predicted molar refractivity (Wildman–Crippen MR) is 126 cm³/mol. The van der Waals surface area contributed by atoms with Crippen LogP contribution in [0.1, 0.15) is 10.4 Å². The molecule has 0 aliphatic carbocycles. The Labute approximate surface area is 204 Å². The van der Waals surface area contributed by atoms with Gasteiger partial charge in [-0.3, -0.25) is 20.2 Å². The smallest absolute Gasteiger partial charge is 0.288 e. The quantitative estimate of drug-likeness (QED) is 0.144. The molecule has 0 atom stereocenters. The van der Waals surface area contributed by atoms with Gasteiger partial charge in [0.05, 0.1) is 15.5 Å². The molecule has 0 fully saturated rings. The molecule has 0 radical (unpaired) electrons. The number of halogens is 4. The van der Waals surface area contributed by atoms with Crippen molar-refractivity contribution in [2.45, 2.75) is 0 Å². The van der Waals surface area contributed by atoms with Gasteiger partial charge in [0.2, 0.25) is 5.89 Å². The molecule has 0 unspecified atom stereocenters. The Hall–Kier alpha value is -3.67. The highest BCUT2D eigenvalue weighted by Crippen LogP contribution is 2.32. The molecule has 4 rings (SSSR count). The van der Waals surface area contributed by atoms with Gasteiger partial charge in [0.15, 0.2) is 22.3 Å². The van der Waals surface area contributed by atoms with E-state index in [1.165, 1.54) is 12.1 Å². The Balaban J connectivity index is 1.51. The van der Waals surface area contributed by atoms with Crippen LogP contribution in [0.2, 0.25) is 10.0 Å². The first kappa shape index (κ1) is 23.5. The topological polar surface area (TPSA) is 110 Å². The number of oxazole rings is 1. The summed E-state index contributed by atoms with van der Waals surface area (Å²) in [7, 11) is 0. The van der Waals surface area contributed by atoms with Crippen molar-refractivity contribution in [3.05, 3.63) is 85.9 Å². The number of rotatable bonds is 4. The van der Waals surface area contributed by atoms with Gasteiger partial charge in [-0.1, -0.05) is 23.2 Å². The Morgan fingerprint density at radius 2 is 1.79 bits per heavy atom. The van der Waals surface area contributed by atoms with Gasteiger partial charge in [0.1, 0.15) is 10.5 Å². The zero-order chi connectivity index (χ0) is 24.6. The van der Waals surface area contributed by atoms with Crippen molar-refractivity contribution >= 4 is 68.9 Å². The normalized spacial score (nSPS) is 10.8. The summed E-state index contributed by atoms with van der Waals surface area (Å²) >= 11 is 16.9. The van der Waals surface area contributed by atoms with Gasteiger partial charge in [-0.05, 0) is 54.7 Å². The van der Waals surface area contributed by atoms with E-state index in [4.69, 9.17) is 39.8 Å². The third-order valence-corrected chi connectivity index (χ3v) is 5.35. The molecule has 3 aromatic carbocycles. The second kappa shape index (κ2) is 9.29. The van der Waals surface area contributed by atoms with Gasteiger partial charge < -0.3 is 9.73 Å². The maximum atomic E-state index is 13.6. The first-order valence-electron chi connectivity index (χ1n) is 9.24. The number of aromatic nitrogens is 1. The molecule has 0 aliphatic heterocycles. The number of benzene rings is 3. The summed E-state index contributed by atoms with van der Waals surface area (Å²) in [5.41, 5.74) is 0.761. The maximum Gasteiger partial charge on any atom is 0.288 e. The number of nitrogens with zero attached hydrogens (tertiary/aromatic N) is 2. The van der Waals surface area contributed by atoms with E-state index < -0.39 is 28.2 Å². The second-order valence-corrected chi connectivity index (χ2v) is 8.00. The van der Waals surface area contributed by atoms with Crippen LogP contribution in [0.25, 0.3) is 22.6 Å². The zero-order valence-electron chi connectivity index (χ0n) is 16.6. The number of nitro groups is 1. The van der Waals surface area contributed by atoms with Crippen LogP contribution < -0.4 is 10.6 Å². The predicted octanol–water partition coefficient (Wildman–Crippen LogP) is 6.11. The molecule has 0 aliphatic rings. The minimum atomic E-state index is -1.10. The van der Waals surface area contributed by atoms with Crippen molar-refractivity contribution in [2.75, 3.05) is 5.32 Å². The van der Waals surface area contributed by atoms with Crippen molar-refractivity contribution in [3.63, 3.8) is 0 Å². The minimum Gasteiger partial charge on any atom is -0.436 e. The Bertz CT molecular complexity index is 1500. The molecular formula is C21H10Cl2F2N4O4S. The SMILES string of the molecule is O=C(NC(=S)Nc1ccc2oc(-c3cc(F)c(F)cc3Cl)nc2c1)c1ccc(Cl)c([N+](=O)[O-])c1.